The summed E-state index contributed by atoms with van der Waals surface area (Å²) in [7, 11) is 0. The van der Waals surface area contributed by atoms with Crippen LogP contribution in [0.5, 0.6) is 0 Å². The Kier molecular flexibility index (Phi) is 2.47. The van der Waals surface area contributed by atoms with Crippen LogP contribution in [0.4, 0.5) is 0 Å². The summed E-state index contributed by atoms with van der Waals surface area (Å²) in [5.41, 5.74) is 0.992. The van der Waals surface area contributed by atoms with Crippen LogP contribution in [0.1, 0.15) is 0 Å². The Bertz CT molecular complexity index is 460. The molecule has 72 valence electrons. The van der Waals surface area contributed by atoms with Crippen LogP contribution in [0.25, 0.3) is 10.9 Å². The minimum absolute atomic E-state index is 0.992. The molecule has 0 saturated carbocycles. The summed E-state index contributed by atoms with van der Waals surface area (Å²) in [6.07, 6.45) is 3.71. The van der Waals surface area contributed by atoms with Crippen LogP contribution < -0.4 is 3.71 Å². The average molecular weight is 293 g/mol. The van der Waals surface area contributed by atoms with Gasteiger partial charge in [-0.25, -0.2) is 0 Å². The van der Waals surface area contributed by atoms with Crippen molar-refractivity contribution in [2.75, 3.05) is 0 Å². The van der Waals surface area contributed by atoms with Gasteiger partial charge in [-0.05, 0) is 0 Å². The van der Waals surface area contributed by atoms with Gasteiger partial charge in [0.05, 0.1) is 0 Å². The molecule has 0 saturated heterocycles. The first-order valence-corrected chi connectivity index (χ1v) is 14.8. The van der Waals surface area contributed by atoms with E-state index in [-0.39, 0.29) is 0 Å². The normalized spacial score (nSPS) is 11.9. The van der Waals surface area contributed by atoms with Gasteiger partial charge < -0.3 is 0 Å². The van der Waals surface area contributed by atoms with Crippen molar-refractivity contribution >= 4 is 33.0 Å². The van der Waals surface area contributed by atoms with Gasteiger partial charge in [-0.3, -0.25) is 0 Å². The van der Waals surface area contributed by atoms with Crippen LogP contribution >= 0.6 is 0 Å². The van der Waals surface area contributed by atoms with Crippen molar-refractivity contribution < 1.29 is 0 Å². The second-order valence-corrected chi connectivity index (χ2v) is 18.8. The van der Waals surface area contributed by atoms with Crippen LogP contribution in [0, 0.1) is 0 Å². The third-order valence-corrected chi connectivity index (χ3v) is 7.42. The Morgan fingerprint density at radius 2 is 1.93 bits per heavy atom. The van der Waals surface area contributed by atoms with Crippen molar-refractivity contribution in [3.05, 3.63) is 30.6 Å². The fraction of sp³-hybridized carbons (Fsp3) is 0.273. The molecule has 2 heterocycles. The summed E-state index contributed by atoms with van der Waals surface area (Å²) in [4.78, 5) is 15.9. The molecule has 0 amide bonds. The molecule has 0 aliphatic heterocycles. The van der Waals surface area contributed by atoms with E-state index in [1.165, 1.54) is 9.10 Å². The molecule has 2 rings (SSSR count). The van der Waals surface area contributed by atoms with Gasteiger partial charge in [0.2, 0.25) is 0 Å². The summed E-state index contributed by atoms with van der Waals surface area (Å²) < 4.78 is 1.32. The molecule has 0 aromatic carbocycles. The zero-order valence-electron chi connectivity index (χ0n) is 8.78. The van der Waals surface area contributed by atoms with Gasteiger partial charge in [-0.1, -0.05) is 0 Å². The molecule has 2 aromatic rings. The predicted octanol–water partition coefficient (Wildman–Crippen LogP) is 2.17. The van der Waals surface area contributed by atoms with E-state index in [0.29, 0.717) is 0 Å². The monoisotopic (exact) mass is 294 g/mol. The first kappa shape index (κ1) is 9.90. The molecule has 3 heteroatoms. The molecule has 0 bridgehead atoms. The minimum atomic E-state index is -2.00. The predicted molar refractivity (Wildman–Crippen MR) is 62.5 cm³/mol. The van der Waals surface area contributed by atoms with Gasteiger partial charge in [0, 0.05) is 0 Å². The molecule has 0 fully saturated rings. The van der Waals surface area contributed by atoms with Crippen molar-refractivity contribution in [1.82, 2.24) is 9.97 Å². The van der Waals surface area contributed by atoms with E-state index in [1.807, 2.05) is 18.5 Å². The molecule has 2 nitrogen and oxygen atoms in total. The second kappa shape index (κ2) is 3.50. The number of rotatable bonds is 1. The number of nitrogens with zero attached hydrogens (tertiary/aromatic N) is 2. The number of aromatic nitrogens is 2. The first-order chi connectivity index (χ1) is 6.57. The molecule has 2 aromatic heterocycles. The maximum atomic E-state index is 4.51. The van der Waals surface area contributed by atoms with Gasteiger partial charge in [0.15, 0.2) is 0 Å². The molecule has 0 N–H and O–H groups in total. The van der Waals surface area contributed by atoms with Crippen LogP contribution in [0.2, 0.25) is 14.8 Å². The van der Waals surface area contributed by atoms with Crippen LogP contribution in [-0.2, 0) is 0 Å². The van der Waals surface area contributed by atoms with Crippen molar-refractivity contribution in [3.63, 3.8) is 0 Å². The van der Waals surface area contributed by atoms with E-state index in [4.69, 9.17) is 0 Å². The molecular weight excluding hydrogens is 279 g/mol. The third kappa shape index (κ3) is 1.90. The fourth-order valence-corrected chi connectivity index (χ4v) is 4.35. The summed E-state index contributed by atoms with van der Waals surface area (Å²) in [6, 6.07) is 6.29. The van der Waals surface area contributed by atoms with Crippen molar-refractivity contribution in [2.45, 2.75) is 14.8 Å². The Morgan fingerprint density at radius 1 is 1.14 bits per heavy atom. The van der Waals surface area contributed by atoms with Crippen LogP contribution in [-0.4, -0.2) is 28.3 Å². The van der Waals surface area contributed by atoms with Gasteiger partial charge >= 0.3 is 88.4 Å². The summed E-state index contributed by atoms with van der Waals surface area (Å²) in [5.74, 6) is 0. The molecule has 14 heavy (non-hydrogen) atoms. The maximum absolute atomic E-state index is 4.51. The number of pyridine rings is 2. The molecular formula is C11H14N2Sn. The van der Waals surface area contributed by atoms with Gasteiger partial charge in [-0.15, -0.1) is 0 Å². The van der Waals surface area contributed by atoms with Gasteiger partial charge in [0.25, 0.3) is 0 Å². The molecule has 0 unspecified atom stereocenters. The van der Waals surface area contributed by atoms with Crippen molar-refractivity contribution in [3.8, 4) is 0 Å². The van der Waals surface area contributed by atoms with E-state index in [0.717, 1.165) is 5.52 Å². The molecule has 0 spiro atoms. The Morgan fingerprint density at radius 3 is 2.64 bits per heavy atom. The zero-order valence-corrected chi connectivity index (χ0v) is 11.6. The van der Waals surface area contributed by atoms with E-state index >= 15 is 0 Å². The third-order valence-electron chi connectivity index (χ3n) is 2.26. The Hall–Kier alpha value is -0.641. The summed E-state index contributed by atoms with van der Waals surface area (Å²) in [6.45, 7) is 0. The first-order valence-electron chi connectivity index (χ1n) is 4.78. The van der Waals surface area contributed by atoms with Crippen LogP contribution in [0.15, 0.2) is 30.6 Å². The SMILES string of the molecule is [CH3][Sn]([CH3])([CH3])[c]1cc2cccnc2cn1. The Labute approximate surface area is 88.3 Å². The van der Waals surface area contributed by atoms with Crippen molar-refractivity contribution in [1.29, 1.82) is 0 Å². The quantitative estimate of drug-likeness (QED) is 0.753. The molecule has 0 atom stereocenters. The summed E-state index contributed by atoms with van der Waals surface area (Å²) >= 11 is -2.00. The number of fused-ring (bicyclic) bond motifs is 1. The standard InChI is InChI=1S/C8H5N2.3CH3.Sn/c1-2-7-3-5-9-6-8(7)10-4-1;;;;/h1-4,6H;3*1H3;. The number of hydrogen-bond acceptors (Lipinski definition) is 2. The molecule has 0 radical (unpaired) electrons. The fourth-order valence-electron chi connectivity index (χ4n) is 1.39. The summed E-state index contributed by atoms with van der Waals surface area (Å²) in [5, 5.41) is 1.21. The average Bonchev–Trinajstić information content (AvgIpc) is 2.16. The van der Waals surface area contributed by atoms with E-state index in [1.54, 1.807) is 0 Å². The molecule has 0 aliphatic carbocycles. The second-order valence-electron chi connectivity index (χ2n) is 4.52. The Balaban J connectivity index is 2.63. The molecule has 0 aliphatic rings. The van der Waals surface area contributed by atoms with Gasteiger partial charge in [-0.2, -0.15) is 0 Å². The van der Waals surface area contributed by atoms with Crippen molar-refractivity contribution in [2.24, 2.45) is 0 Å². The van der Waals surface area contributed by atoms with E-state index < -0.39 is 18.4 Å². The zero-order chi connectivity index (χ0) is 10.2. The topological polar surface area (TPSA) is 25.8 Å². The van der Waals surface area contributed by atoms with E-state index in [2.05, 4.69) is 36.9 Å². The van der Waals surface area contributed by atoms with Gasteiger partial charge in [0.1, 0.15) is 0 Å². The van der Waals surface area contributed by atoms with Crippen LogP contribution in [0.3, 0.4) is 0 Å². The number of hydrogen-bond donors (Lipinski definition) is 0. The van der Waals surface area contributed by atoms with E-state index in [9.17, 15) is 0 Å².